The molecule has 0 aliphatic carbocycles. The van der Waals surface area contributed by atoms with Crippen molar-refractivity contribution in [1.29, 1.82) is 0 Å². The molecule has 5 amide bonds. The van der Waals surface area contributed by atoms with E-state index in [0.717, 1.165) is 13.2 Å². The summed E-state index contributed by atoms with van der Waals surface area (Å²) < 4.78 is 52.5. The van der Waals surface area contributed by atoms with Crippen LogP contribution in [0.2, 0.25) is 5.02 Å². The van der Waals surface area contributed by atoms with Crippen LogP contribution in [0.1, 0.15) is 47.1 Å². The van der Waals surface area contributed by atoms with Gasteiger partial charge in [-0.3, -0.25) is 14.9 Å². The molecule has 0 aliphatic heterocycles. The fraction of sp³-hybridized carbons (Fsp3) is 0.320. The van der Waals surface area contributed by atoms with Gasteiger partial charge in [-0.05, 0) is 50.6 Å². The summed E-state index contributed by atoms with van der Waals surface area (Å²) in [6, 6.07) is 5.99. The number of urea groups is 1. The normalized spacial score (nSPS) is 11.1. The third-order valence-electron chi connectivity index (χ3n) is 4.86. The zero-order chi connectivity index (χ0) is 31.1. The highest BCUT2D eigenvalue weighted by molar-refractivity contribution is 6.34. The molecule has 0 spiro atoms. The molecule has 2 aromatic rings. The van der Waals surface area contributed by atoms with E-state index in [-0.39, 0.29) is 33.1 Å². The van der Waals surface area contributed by atoms with Crippen LogP contribution < -0.4 is 25.8 Å². The van der Waals surface area contributed by atoms with Crippen LogP contribution in [0.15, 0.2) is 36.4 Å². The Bertz CT molecular complexity index is 1350. The maximum absolute atomic E-state index is 13.2. The number of imide groups is 1. The van der Waals surface area contributed by atoms with E-state index < -0.39 is 48.2 Å². The van der Waals surface area contributed by atoms with Gasteiger partial charge in [-0.15, -0.1) is 0 Å². The molecule has 0 atom stereocenters. The molecular formula is C25H26ClF3N4O8. The third-order valence-corrected chi connectivity index (χ3v) is 5.19. The van der Waals surface area contributed by atoms with Crippen molar-refractivity contribution in [2.24, 2.45) is 0 Å². The van der Waals surface area contributed by atoms with E-state index in [4.69, 9.17) is 21.1 Å². The molecule has 0 fully saturated rings. The Morgan fingerprint density at radius 2 is 1.61 bits per heavy atom. The smallest absolute Gasteiger partial charge is 0.471 e. The highest BCUT2D eigenvalue weighted by Crippen LogP contribution is 2.26. The number of esters is 1. The van der Waals surface area contributed by atoms with Crippen molar-refractivity contribution in [3.05, 3.63) is 58.1 Å². The fourth-order valence-corrected chi connectivity index (χ4v) is 3.29. The summed E-state index contributed by atoms with van der Waals surface area (Å²) in [5, 5.41) is 4.08. The van der Waals surface area contributed by atoms with E-state index in [1.165, 1.54) is 37.4 Å². The van der Waals surface area contributed by atoms with Crippen molar-refractivity contribution in [1.82, 2.24) is 16.1 Å². The maximum atomic E-state index is 13.2. The number of anilines is 1. The zero-order valence-electron chi connectivity index (χ0n) is 22.4. The Balaban J connectivity index is 2.37. The van der Waals surface area contributed by atoms with Crippen LogP contribution in [0.5, 0.6) is 5.75 Å². The minimum atomic E-state index is -5.11. The standard InChI is InChI=1S/C25H26ClF3N4O8/c1-24(2,3)41-23(38)32-33(14-7-8-15(20(35)40-5)18(11-14)39-4)22(37)31-19(34)16-10-13(6-9-17(16)26)12-30-21(36)25(27,28)29/h6-11H,12H2,1-5H3,(H,30,36)(H,32,38)(H,31,34,37). The second kappa shape index (κ2) is 13.2. The molecule has 3 N–H and O–H groups in total. The molecule has 41 heavy (non-hydrogen) atoms. The highest BCUT2D eigenvalue weighted by Gasteiger charge is 2.38. The van der Waals surface area contributed by atoms with Crippen LogP contribution in [0.25, 0.3) is 0 Å². The van der Waals surface area contributed by atoms with Crippen LogP contribution in [0.3, 0.4) is 0 Å². The summed E-state index contributed by atoms with van der Waals surface area (Å²) in [6.07, 6.45) is -6.20. The number of carbonyl (C=O) groups excluding carboxylic acids is 5. The first-order valence-corrected chi connectivity index (χ1v) is 11.9. The number of ether oxygens (including phenoxy) is 3. The van der Waals surface area contributed by atoms with Gasteiger partial charge >= 0.3 is 30.2 Å². The van der Waals surface area contributed by atoms with Crippen LogP contribution in [-0.2, 0) is 20.8 Å². The molecule has 0 heterocycles. The number of halogens is 4. The van der Waals surface area contributed by atoms with Gasteiger partial charge in [0.05, 0.1) is 30.5 Å². The minimum Gasteiger partial charge on any atom is -0.496 e. The van der Waals surface area contributed by atoms with E-state index in [1.54, 1.807) is 26.1 Å². The first kappa shape index (κ1) is 32.7. The first-order valence-electron chi connectivity index (χ1n) is 11.5. The second-order valence-corrected chi connectivity index (χ2v) is 9.49. The number of methoxy groups -OCH3 is 2. The molecule has 0 aliphatic rings. The van der Waals surface area contributed by atoms with Gasteiger partial charge in [-0.25, -0.2) is 19.8 Å². The zero-order valence-corrected chi connectivity index (χ0v) is 23.2. The van der Waals surface area contributed by atoms with Gasteiger partial charge in [0.25, 0.3) is 5.91 Å². The van der Waals surface area contributed by atoms with Crippen LogP contribution in [0, 0.1) is 0 Å². The third kappa shape index (κ3) is 9.27. The number of nitrogens with one attached hydrogen (secondary N) is 3. The predicted molar refractivity (Wildman–Crippen MR) is 138 cm³/mol. The lowest BCUT2D eigenvalue weighted by molar-refractivity contribution is -0.173. The summed E-state index contributed by atoms with van der Waals surface area (Å²) in [6.45, 7) is 4.12. The number of alkyl halides is 3. The van der Waals surface area contributed by atoms with Crippen molar-refractivity contribution in [3.8, 4) is 5.75 Å². The molecule has 0 bridgehead atoms. The monoisotopic (exact) mass is 602 g/mol. The Kier molecular flexibility index (Phi) is 10.5. The second-order valence-electron chi connectivity index (χ2n) is 9.08. The molecule has 12 nitrogen and oxygen atoms in total. The van der Waals surface area contributed by atoms with Crippen LogP contribution >= 0.6 is 11.6 Å². The summed E-state index contributed by atoms with van der Waals surface area (Å²) in [5.41, 5.74) is 0.867. The van der Waals surface area contributed by atoms with Gasteiger partial charge in [-0.1, -0.05) is 17.7 Å². The SMILES string of the molecule is COC(=O)c1ccc(N(NC(=O)OC(C)(C)C)C(=O)NC(=O)c2cc(CNC(=O)C(F)(F)F)ccc2Cl)cc1OC. The van der Waals surface area contributed by atoms with Gasteiger partial charge in [0.1, 0.15) is 16.9 Å². The molecule has 0 radical (unpaired) electrons. The largest absolute Gasteiger partial charge is 0.496 e. The Morgan fingerprint density at radius 3 is 2.17 bits per heavy atom. The summed E-state index contributed by atoms with van der Waals surface area (Å²) in [7, 11) is 2.39. The molecule has 0 unspecified atom stereocenters. The predicted octanol–water partition coefficient (Wildman–Crippen LogP) is 4.11. The number of hydrazine groups is 1. The molecule has 222 valence electrons. The number of carbonyl (C=O) groups is 5. The van der Waals surface area contributed by atoms with Gasteiger partial charge in [0.2, 0.25) is 0 Å². The molecule has 2 aromatic carbocycles. The summed E-state index contributed by atoms with van der Waals surface area (Å²) in [4.78, 5) is 61.7. The number of nitrogens with zero attached hydrogens (tertiary/aromatic N) is 1. The number of hydrogen-bond acceptors (Lipinski definition) is 8. The fourth-order valence-electron chi connectivity index (χ4n) is 3.08. The minimum absolute atomic E-state index is 0.00587. The van der Waals surface area contributed by atoms with E-state index in [0.29, 0.717) is 5.01 Å². The van der Waals surface area contributed by atoms with E-state index in [1.807, 2.05) is 5.32 Å². The topological polar surface area (TPSA) is 152 Å². The van der Waals surface area contributed by atoms with Gasteiger partial charge in [0, 0.05) is 12.6 Å². The van der Waals surface area contributed by atoms with E-state index >= 15 is 0 Å². The van der Waals surface area contributed by atoms with Crippen molar-refractivity contribution < 1.29 is 51.4 Å². The lowest BCUT2D eigenvalue weighted by Crippen LogP contribution is -2.53. The van der Waals surface area contributed by atoms with E-state index in [9.17, 15) is 37.1 Å². The number of rotatable bonds is 6. The van der Waals surface area contributed by atoms with Crippen molar-refractivity contribution >= 4 is 47.2 Å². The van der Waals surface area contributed by atoms with Crippen molar-refractivity contribution in [2.45, 2.75) is 39.1 Å². The molecule has 2 rings (SSSR count). The average Bonchev–Trinajstić information content (AvgIpc) is 2.88. The summed E-state index contributed by atoms with van der Waals surface area (Å²) >= 11 is 6.06. The molecular weight excluding hydrogens is 577 g/mol. The van der Waals surface area contributed by atoms with Crippen LogP contribution in [-0.4, -0.2) is 55.9 Å². The Morgan fingerprint density at radius 1 is 0.951 bits per heavy atom. The average molecular weight is 603 g/mol. The molecule has 16 heteroatoms. The molecule has 0 saturated carbocycles. The van der Waals surface area contributed by atoms with Crippen molar-refractivity contribution in [3.63, 3.8) is 0 Å². The van der Waals surface area contributed by atoms with E-state index in [2.05, 4.69) is 10.2 Å². The van der Waals surface area contributed by atoms with Gasteiger partial charge < -0.3 is 19.5 Å². The lowest BCUT2D eigenvalue weighted by atomic mass is 10.1. The van der Waals surface area contributed by atoms with Crippen molar-refractivity contribution in [2.75, 3.05) is 19.2 Å². The maximum Gasteiger partial charge on any atom is 0.471 e. The number of benzene rings is 2. The quantitative estimate of drug-likeness (QED) is 0.330. The summed E-state index contributed by atoms with van der Waals surface area (Å²) in [5.74, 6) is -4.08. The van der Waals surface area contributed by atoms with Gasteiger partial charge in [0.15, 0.2) is 0 Å². The number of hydrogen-bond donors (Lipinski definition) is 3. The number of amides is 5. The molecule has 0 saturated heterocycles. The lowest BCUT2D eigenvalue weighted by Gasteiger charge is -2.26. The Hall–Kier alpha value is -4.53. The Labute approximate surface area is 237 Å². The van der Waals surface area contributed by atoms with Gasteiger partial charge in [-0.2, -0.15) is 18.2 Å². The highest BCUT2D eigenvalue weighted by atomic mass is 35.5. The first-order chi connectivity index (χ1) is 19.0. The molecule has 0 aromatic heterocycles. The van der Waals surface area contributed by atoms with Crippen LogP contribution in [0.4, 0.5) is 28.4 Å².